The quantitative estimate of drug-likeness (QED) is 0.739. The molecule has 0 aliphatic rings. The van der Waals surface area contributed by atoms with Crippen molar-refractivity contribution in [2.75, 3.05) is 13.2 Å². The summed E-state index contributed by atoms with van der Waals surface area (Å²) in [6.07, 6.45) is 0.699. The molecule has 106 valence electrons. The van der Waals surface area contributed by atoms with Crippen molar-refractivity contribution >= 4 is 5.91 Å². The molecule has 0 fully saturated rings. The molecule has 1 aromatic rings. The summed E-state index contributed by atoms with van der Waals surface area (Å²) in [5, 5.41) is 2.78. The second kappa shape index (κ2) is 7.79. The molecule has 0 saturated heterocycles. The molecule has 1 atom stereocenters. The molecule has 1 aromatic carbocycles. The third-order valence-electron chi connectivity index (χ3n) is 2.72. The number of rotatable bonds is 7. The zero-order valence-electron chi connectivity index (χ0n) is 12.0. The average Bonchev–Trinajstić information content (AvgIpc) is 2.33. The van der Waals surface area contributed by atoms with Crippen molar-refractivity contribution < 1.29 is 9.53 Å². The largest absolute Gasteiger partial charge is 0.492 e. The standard InChI is InChI=1S/C15H24N2O2/c1-11(2)9-14(16)15(18)17-7-8-19-13-6-4-5-12(3)10-13/h4-6,10-11,14H,7-9,16H2,1-3H3,(H,17,18)/t14-/m0/s1. The average molecular weight is 264 g/mol. The number of amides is 1. The van der Waals surface area contributed by atoms with Gasteiger partial charge in [0.2, 0.25) is 5.91 Å². The Labute approximate surface area is 115 Å². The van der Waals surface area contributed by atoms with E-state index in [0.29, 0.717) is 25.5 Å². The fourth-order valence-electron chi connectivity index (χ4n) is 1.79. The summed E-state index contributed by atoms with van der Waals surface area (Å²) < 4.78 is 5.54. The number of nitrogens with one attached hydrogen (secondary N) is 1. The molecule has 0 bridgehead atoms. The first kappa shape index (κ1) is 15.5. The third kappa shape index (κ3) is 6.25. The van der Waals surface area contributed by atoms with Crippen LogP contribution in [-0.4, -0.2) is 25.1 Å². The minimum atomic E-state index is -0.432. The van der Waals surface area contributed by atoms with E-state index >= 15 is 0 Å². The van der Waals surface area contributed by atoms with E-state index in [0.717, 1.165) is 11.3 Å². The van der Waals surface area contributed by atoms with Crippen molar-refractivity contribution in [2.24, 2.45) is 11.7 Å². The molecule has 1 rings (SSSR count). The molecule has 0 radical (unpaired) electrons. The lowest BCUT2D eigenvalue weighted by atomic mass is 10.0. The molecule has 0 saturated carbocycles. The van der Waals surface area contributed by atoms with E-state index in [4.69, 9.17) is 10.5 Å². The van der Waals surface area contributed by atoms with E-state index in [9.17, 15) is 4.79 Å². The number of ether oxygens (including phenoxy) is 1. The molecular weight excluding hydrogens is 240 g/mol. The van der Waals surface area contributed by atoms with Crippen LogP contribution >= 0.6 is 0 Å². The van der Waals surface area contributed by atoms with Crippen LogP contribution in [0.1, 0.15) is 25.8 Å². The van der Waals surface area contributed by atoms with Crippen molar-refractivity contribution in [3.63, 3.8) is 0 Å². The van der Waals surface area contributed by atoms with Crippen LogP contribution in [-0.2, 0) is 4.79 Å². The molecule has 0 spiro atoms. The van der Waals surface area contributed by atoms with Gasteiger partial charge in [-0.25, -0.2) is 0 Å². The first-order valence-electron chi connectivity index (χ1n) is 6.72. The highest BCUT2D eigenvalue weighted by molar-refractivity contribution is 5.81. The summed E-state index contributed by atoms with van der Waals surface area (Å²) in [5.74, 6) is 1.13. The van der Waals surface area contributed by atoms with Gasteiger partial charge in [-0.2, -0.15) is 0 Å². The number of benzene rings is 1. The summed E-state index contributed by atoms with van der Waals surface area (Å²) in [6, 6.07) is 7.39. The fraction of sp³-hybridized carbons (Fsp3) is 0.533. The van der Waals surface area contributed by atoms with Crippen LogP contribution in [0.4, 0.5) is 0 Å². The van der Waals surface area contributed by atoms with Crippen LogP contribution in [0.25, 0.3) is 0 Å². The number of hydrogen-bond acceptors (Lipinski definition) is 3. The zero-order chi connectivity index (χ0) is 14.3. The lowest BCUT2D eigenvalue weighted by Gasteiger charge is -2.14. The highest BCUT2D eigenvalue weighted by Crippen LogP contribution is 2.11. The summed E-state index contributed by atoms with van der Waals surface area (Å²) >= 11 is 0. The van der Waals surface area contributed by atoms with Gasteiger partial charge in [-0.15, -0.1) is 0 Å². The van der Waals surface area contributed by atoms with Crippen LogP contribution in [0.5, 0.6) is 5.75 Å². The molecule has 19 heavy (non-hydrogen) atoms. The van der Waals surface area contributed by atoms with Crippen molar-refractivity contribution in [1.82, 2.24) is 5.32 Å². The number of hydrogen-bond donors (Lipinski definition) is 2. The van der Waals surface area contributed by atoms with Crippen LogP contribution in [0, 0.1) is 12.8 Å². The van der Waals surface area contributed by atoms with Gasteiger partial charge in [0.25, 0.3) is 0 Å². The van der Waals surface area contributed by atoms with E-state index in [1.165, 1.54) is 0 Å². The SMILES string of the molecule is Cc1cccc(OCCNC(=O)[C@@H](N)CC(C)C)c1. The molecule has 4 nitrogen and oxygen atoms in total. The van der Waals surface area contributed by atoms with Gasteiger partial charge in [-0.1, -0.05) is 26.0 Å². The zero-order valence-corrected chi connectivity index (χ0v) is 12.0. The molecule has 0 unspecified atom stereocenters. The Hall–Kier alpha value is -1.55. The lowest BCUT2D eigenvalue weighted by Crippen LogP contribution is -2.42. The summed E-state index contributed by atoms with van der Waals surface area (Å²) in [7, 11) is 0. The highest BCUT2D eigenvalue weighted by atomic mass is 16.5. The van der Waals surface area contributed by atoms with Crippen molar-refractivity contribution in [2.45, 2.75) is 33.2 Å². The maximum Gasteiger partial charge on any atom is 0.237 e. The smallest absolute Gasteiger partial charge is 0.237 e. The normalized spacial score (nSPS) is 12.3. The van der Waals surface area contributed by atoms with Gasteiger partial charge < -0.3 is 15.8 Å². The molecule has 0 heterocycles. The van der Waals surface area contributed by atoms with E-state index in [2.05, 4.69) is 5.32 Å². The number of carbonyl (C=O) groups is 1. The van der Waals surface area contributed by atoms with Crippen LogP contribution < -0.4 is 15.8 Å². The molecule has 3 N–H and O–H groups in total. The molecule has 0 aliphatic carbocycles. The summed E-state index contributed by atoms with van der Waals surface area (Å²) in [6.45, 7) is 7.03. The number of carbonyl (C=O) groups excluding carboxylic acids is 1. The molecule has 0 aromatic heterocycles. The van der Waals surface area contributed by atoms with Gasteiger partial charge in [0.05, 0.1) is 12.6 Å². The topological polar surface area (TPSA) is 64.3 Å². The second-order valence-corrected chi connectivity index (χ2v) is 5.19. The van der Waals surface area contributed by atoms with E-state index < -0.39 is 6.04 Å². The van der Waals surface area contributed by atoms with Crippen molar-refractivity contribution in [3.8, 4) is 5.75 Å². The first-order valence-corrected chi connectivity index (χ1v) is 6.72. The maximum atomic E-state index is 11.7. The van der Waals surface area contributed by atoms with E-state index in [-0.39, 0.29) is 5.91 Å². The number of aryl methyl sites for hydroxylation is 1. The van der Waals surface area contributed by atoms with Crippen LogP contribution in [0.15, 0.2) is 24.3 Å². The van der Waals surface area contributed by atoms with Gasteiger partial charge >= 0.3 is 0 Å². The lowest BCUT2D eigenvalue weighted by molar-refractivity contribution is -0.122. The number of nitrogens with two attached hydrogens (primary N) is 1. The third-order valence-corrected chi connectivity index (χ3v) is 2.72. The molecular formula is C15H24N2O2. The second-order valence-electron chi connectivity index (χ2n) is 5.19. The summed E-state index contributed by atoms with van der Waals surface area (Å²) in [5.41, 5.74) is 6.93. The van der Waals surface area contributed by atoms with E-state index in [1.807, 2.05) is 45.0 Å². The minimum absolute atomic E-state index is 0.110. The predicted molar refractivity (Wildman–Crippen MR) is 77.1 cm³/mol. The monoisotopic (exact) mass is 264 g/mol. The van der Waals surface area contributed by atoms with Gasteiger partial charge in [-0.3, -0.25) is 4.79 Å². The molecule has 0 aliphatic heterocycles. The predicted octanol–water partition coefficient (Wildman–Crippen LogP) is 1.86. The van der Waals surface area contributed by atoms with Gasteiger partial charge in [0.1, 0.15) is 12.4 Å². The van der Waals surface area contributed by atoms with Crippen molar-refractivity contribution in [1.29, 1.82) is 0 Å². The Morgan fingerprint density at radius 3 is 2.79 bits per heavy atom. The highest BCUT2D eigenvalue weighted by Gasteiger charge is 2.13. The van der Waals surface area contributed by atoms with Gasteiger partial charge in [-0.05, 0) is 37.0 Å². The van der Waals surface area contributed by atoms with Gasteiger partial charge in [0, 0.05) is 0 Å². The Morgan fingerprint density at radius 2 is 2.16 bits per heavy atom. The van der Waals surface area contributed by atoms with Crippen LogP contribution in [0.2, 0.25) is 0 Å². The Morgan fingerprint density at radius 1 is 1.42 bits per heavy atom. The van der Waals surface area contributed by atoms with Gasteiger partial charge in [0.15, 0.2) is 0 Å². The Bertz CT molecular complexity index is 405. The Balaban J connectivity index is 2.22. The van der Waals surface area contributed by atoms with Crippen molar-refractivity contribution in [3.05, 3.63) is 29.8 Å². The van der Waals surface area contributed by atoms with E-state index in [1.54, 1.807) is 0 Å². The fourth-order valence-corrected chi connectivity index (χ4v) is 1.79. The molecule has 4 heteroatoms. The molecule has 1 amide bonds. The minimum Gasteiger partial charge on any atom is -0.492 e. The maximum absolute atomic E-state index is 11.7. The Kier molecular flexibility index (Phi) is 6.36. The first-order chi connectivity index (χ1) is 8.99. The van der Waals surface area contributed by atoms with Crippen LogP contribution in [0.3, 0.4) is 0 Å². The summed E-state index contributed by atoms with van der Waals surface area (Å²) in [4.78, 5) is 11.7.